The maximum absolute atomic E-state index is 12.3. The second kappa shape index (κ2) is 6.40. The summed E-state index contributed by atoms with van der Waals surface area (Å²) in [4.78, 5) is 26.0. The van der Waals surface area contributed by atoms with E-state index in [-0.39, 0.29) is 5.56 Å². The van der Waals surface area contributed by atoms with Crippen LogP contribution in [-0.2, 0) is 20.5 Å². The van der Waals surface area contributed by atoms with Crippen LogP contribution in [-0.4, -0.2) is 27.4 Å². The summed E-state index contributed by atoms with van der Waals surface area (Å²) in [6.07, 6.45) is 3.14. The van der Waals surface area contributed by atoms with Crippen LogP contribution in [0, 0.1) is 5.92 Å². The number of aryl methyl sites for hydroxylation is 1. The Hall–Kier alpha value is -2.37. The first-order valence-corrected chi connectivity index (χ1v) is 7.99. The Bertz CT molecular complexity index is 786. The number of nitrogens with zero attached hydrogens (tertiary/aromatic N) is 4. The molecule has 6 nitrogen and oxygen atoms in total. The molecule has 2 heterocycles. The van der Waals surface area contributed by atoms with E-state index in [1.165, 1.54) is 17.3 Å². The molecule has 1 aromatic heterocycles. The summed E-state index contributed by atoms with van der Waals surface area (Å²) in [6, 6.07) is 10.5. The average Bonchev–Trinajstić information content (AvgIpc) is 2.58. The third-order valence-electron chi connectivity index (χ3n) is 4.59. The molecular weight excluding hydrogens is 292 g/mol. The highest BCUT2D eigenvalue weighted by atomic mass is 16.2. The number of piperidine rings is 1. The largest absolute Gasteiger partial charge is 0.351 e. The molecule has 0 saturated carbocycles. The van der Waals surface area contributed by atoms with E-state index in [0.29, 0.717) is 11.7 Å². The molecule has 0 bridgehead atoms. The molecule has 1 saturated heterocycles. The first-order valence-electron chi connectivity index (χ1n) is 7.99. The fourth-order valence-corrected chi connectivity index (χ4v) is 3.18. The van der Waals surface area contributed by atoms with Gasteiger partial charge in [0.2, 0.25) is 5.82 Å². The number of hydrogen-bond donors (Lipinski definition) is 0. The molecular formula is C17H22N4O2. The van der Waals surface area contributed by atoms with Gasteiger partial charge < -0.3 is 4.90 Å². The molecule has 0 atom stereocenters. The minimum absolute atomic E-state index is 0.311. The summed E-state index contributed by atoms with van der Waals surface area (Å²) in [5.74, 6) is 1.01. The van der Waals surface area contributed by atoms with Crippen molar-refractivity contribution < 1.29 is 0 Å². The minimum Gasteiger partial charge on any atom is -0.351 e. The van der Waals surface area contributed by atoms with Crippen LogP contribution in [0.15, 0.2) is 39.9 Å². The fraction of sp³-hybridized carbons (Fsp3) is 0.471. The van der Waals surface area contributed by atoms with Crippen molar-refractivity contribution in [1.82, 2.24) is 14.3 Å². The molecule has 1 aliphatic heterocycles. The Morgan fingerprint density at radius 1 is 1.09 bits per heavy atom. The lowest BCUT2D eigenvalue weighted by molar-refractivity contribution is 0.398. The van der Waals surface area contributed by atoms with Crippen LogP contribution in [0.3, 0.4) is 0 Å². The van der Waals surface area contributed by atoms with Crippen LogP contribution in [0.5, 0.6) is 0 Å². The van der Waals surface area contributed by atoms with Crippen LogP contribution >= 0.6 is 0 Å². The monoisotopic (exact) mass is 314 g/mol. The van der Waals surface area contributed by atoms with Gasteiger partial charge in [0.25, 0.3) is 5.56 Å². The fourth-order valence-electron chi connectivity index (χ4n) is 3.18. The van der Waals surface area contributed by atoms with Gasteiger partial charge in [-0.15, -0.1) is 5.10 Å². The van der Waals surface area contributed by atoms with Gasteiger partial charge in [-0.05, 0) is 30.7 Å². The molecule has 23 heavy (non-hydrogen) atoms. The smallest absolute Gasteiger partial charge is 0.346 e. The van der Waals surface area contributed by atoms with Gasteiger partial charge in [-0.25, -0.2) is 9.48 Å². The predicted octanol–water partition coefficient (Wildman–Crippen LogP) is 0.938. The summed E-state index contributed by atoms with van der Waals surface area (Å²) in [5, 5.41) is 4.16. The third kappa shape index (κ3) is 3.21. The zero-order valence-corrected chi connectivity index (χ0v) is 13.6. The molecule has 122 valence electrons. The van der Waals surface area contributed by atoms with Crippen molar-refractivity contribution >= 4 is 5.82 Å². The van der Waals surface area contributed by atoms with Crippen molar-refractivity contribution in [3.8, 4) is 0 Å². The topological polar surface area (TPSA) is 60.1 Å². The molecule has 0 aliphatic carbocycles. The maximum atomic E-state index is 12.3. The molecule has 6 heteroatoms. The second-order valence-corrected chi connectivity index (χ2v) is 6.21. The van der Waals surface area contributed by atoms with Crippen molar-refractivity contribution in [3.63, 3.8) is 0 Å². The van der Waals surface area contributed by atoms with E-state index in [1.807, 2.05) is 11.0 Å². The maximum Gasteiger partial charge on any atom is 0.346 e. The highest BCUT2D eigenvalue weighted by molar-refractivity contribution is 5.35. The molecule has 1 aromatic carbocycles. The summed E-state index contributed by atoms with van der Waals surface area (Å²) < 4.78 is 2.35. The van der Waals surface area contributed by atoms with Crippen LogP contribution in [0.4, 0.5) is 5.82 Å². The van der Waals surface area contributed by atoms with E-state index in [0.717, 1.165) is 36.9 Å². The van der Waals surface area contributed by atoms with Gasteiger partial charge in [0.1, 0.15) is 0 Å². The van der Waals surface area contributed by atoms with E-state index >= 15 is 0 Å². The zero-order valence-electron chi connectivity index (χ0n) is 13.6. The number of hydrogen-bond acceptors (Lipinski definition) is 4. The minimum atomic E-state index is -0.391. The van der Waals surface area contributed by atoms with Crippen molar-refractivity contribution in [2.75, 3.05) is 18.0 Å². The Kier molecular flexibility index (Phi) is 4.32. The van der Waals surface area contributed by atoms with Gasteiger partial charge in [-0.1, -0.05) is 30.3 Å². The molecule has 0 radical (unpaired) electrons. The molecule has 1 fully saturated rings. The van der Waals surface area contributed by atoms with Crippen LogP contribution in [0.25, 0.3) is 0 Å². The standard InChI is InChI=1S/C17H22N4O2/c1-19-16(22)15(18-20(2)17(19)23)21-10-8-14(9-11-21)12-13-6-4-3-5-7-13/h3-7,14H,8-12H2,1-2H3. The van der Waals surface area contributed by atoms with E-state index in [1.54, 1.807) is 7.05 Å². The van der Waals surface area contributed by atoms with Crippen molar-refractivity contribution in [1.29, 1.82) is 0 Å². The highest BCUT2D eigenvalue weighted by Crippen LogP contribution is 2.23. The van der Waals surface area contributed by atoms with E-state index in [2.05, 4.69) is 29.4 Å². The molecule has 3 rings (SSSR count). The molecule has 0 spiro atoms. The quantitative estimate of drug-likeness (QED) is 0.846. The van der Waals surface area contributed by atoms with Crippen molar-refractivity contribution in [2.45, 2.75) is 19.3 Å². The van der Waals surface area contributed by atoms with Crippen molar-refractivity contribution in [3.05, 3.63) is 56.7 Å². The number of anilines is 1. The van der Waals surface area contributed by atoms with Gasteiger partial charge in [-0.2, -0.15) is 0 Å². The van der Waals surface area contributed by atoms with Gasteiger partial charge in [0.15, 0.2) is 0 Å². The Labute approximate surface area is 135 Å². The summed E-state index contributed by atoms with van der Waals surface area (Å²) in [6.45, 7) is 1.61. The van der Waals surface area contributed by atoms with Crippen LogP contribution in [0.2, 0.25) is 0 Å². The van der Waals surface area contributed by atoms with Crippen LogP contribution in [0.1, 0.15) is 18.4 Å². The van der Waals surface area contributed by atoms with Gasteiger partial charge in [0, 0.05) is 27.2 Å². The summed E-state index contributed by atoms with van der Waals surface area (Å²) in [5.41, 5.74) is 0.661. The number of rotatable bonds is 3. The second-order valence-electron chi connectivity index (χ2n) is 6.21. The van der Waals surface area contributed by atoms with Gasteiger partial charge in [-0.3, -0.25) is 9.36 Å². The Morgan fingerprint density at radius 2 is 1.74 bits per heavy atom. The number of aromatic nitrogens is 3. The van der Waals surface area contributed by atoms with E-state index in [4.69, 9.17) is 0 Å². The zero-order chi connectivity index (χ0) is 16.4. The van der Waals surface area contributed by atoms with Crippen LogP contribution < -0.4 is 16.1 Å². The number of benzene rings is 1. The van der Waals surface area contributed by atoms with Crippen molar-refractivity contribution in [2.24, 2.45) is 20.0 Å². The van der Waals surface area contributed by atoms with E-state index < -0.39 is 5.69 Å². The SMILES string of the molecule is Cn1nc(N2CCC(Cc3ccccc3)CC2)c(=O)n(C)c1=O. The molecule has 0 N–H and O–H groups in total. The Balaban J connectivity index is 1.70. The lowest BCUT2D eigenvalue weighted by Gasteiger charge is -2.32. The molecule has 1 aliphatic rings. The lowest BCUT2D eigenvalue weighted by Crippen LogP contribution is -2.45. The molecule has 0 unspecified atom stereocenters. The van der Waals surface area contributed by atoms with Gasteiger partial charge >= 0.3 is 5.69 Å². The van der Waals surface area contributed by atoms with Gasteiger partial charge in [0.05, 0.1) is 0 Å². The predicted molar refractivity (Wildman–Crippen MR) is 89.8 cm³/mol. The lowest BCUT2D eigenvalue weighted by atomic mass is 9.90. The average molecular weight is 314 g/mol. The normalized spacial score (nSPS) is 15.8. The first-order chi connectivity index (χ1) is 11.1. The molecule has 0 amide bonds. The highest BCUT2D eigenvalue weighted by Gasteiger charge is 2.23. The Morgan fingerprint density at radius 3 is 2.39 bits per heavy atom. The summed E-state index contributed by atoms with van der Waals surface area (Å²) in [7, 11) is 3.07. The summed E-state index contributed by atoms with van der Waals surface area (Å²) >= 11 is 0. The molecule has 2 aromatic rings. The first kappa shape index (κ1) is 15.5. The third-order valence-corrected chi connectivity index (χ3v) is 4.59. The van der Waals surface area contributed by atoms with E-state index in [9.17, 15) is 9.59 Å².